The third kappa shape index (κ3) is 1.57. The fourth-order valence-electron chi connectivity index (χ4n) is 1.51. The predicted octanol–water partition coefficient (Wildman–Crippen LogP) is 0.824. The van der Waals surface area contributed by atoms with Crippen LogP contribution in [0.3, 0.4) is 0 Å². The number of benzene rings is 1. The molecule has 0 saturated heterocycles. The van der Waals surface area contributed by atoms with Crippen molar-refractivity contribution >= 4 is 20.9 Å². The zero-order valence-corrected chi connectivity index (χ0v) is 8.84. The zero-order valence-electron chi connectivity index (χ0n) is 8.02. The summed E-state index contributed by atoms with van der Waals surface area (Å²) < 4.78 is 27.5. The van der Waals surface area contributed by atoms with Crippen molar-refractivity contribution in [1.29, 1.82) is 0 Å². The van der Waals surface area contributed by atoms with Crippen LogP contribution in [-0.4, -0.2) is 20.5 Å². The number of methoxy groups -OCH3 is 1. The molecule has 5 nitrogen and oxygen atoms in total. The van der Waals surface area contributed by atoms with Crippen LogP contribution in [0.15, 0.2) is 29.3 Å². The summed E-state index contributed by atoms with van der Waals surface area (Å²) in [6.45, 7) is 0. The van der Waals surface area contributed by atoms with Gasteiger partial charge in [0.2, 0.25) is 10.0 Å². The third-order valence-electron chi connectivity index (χ3n) is 2.17. The first-order chi connectivity index (χ1) is 7.04. The number of ether oxygens (including phenoxy) is 1. The largest absolute Gasteiger partial charge is 0.495 e. The molecule has 0 aliphatic carbocycles. The molecule has 0 unspecified atom stereocenters. The number of hydrogen-bond acceptors (Lipinski definition) is 3. The Labute approximate surface area is 86.9 Å². The lowest BCUT2D eigenvalue weighted by molar-refractivity contribution is 0.419. The summed E-state index contributed by atoms with van der Waals surface area (Å²) >= 11 is 0. The molecular weight excluding hydrogens is 216 g/mol. The lowest BCUT2D eigenvalue weighted by atomic mass is 10.2. The summed E-state index contributed by atoms with van der Waals surface area (Å²) in [5.74, 6) is 0.586. The quantitative estimate of drug-likeness (QED) is 0.795. The highest BCUT2D eigenvalue weighted by molar-refractivity contribution is 7.89. The fourth-order valence-corrected chi connectivity index (χ4v) is 2.21. The topological polar surface area (TPSA) is 85.2 Å². The molecule has 1 aromatic heterocycles. The van der Waals surface area contributed by atoms with E-state index in [1.54, 1.807) is 18.2 Å². The van der Waals surface area contributed by atoms with E-state index in [4.69, 9.17) is 9.88 Å². The summed E-state index contributed by atoms with van der Waals surface area (Å²) in [6, 6.07) is 5.13. The molecule has 2 rings (SSSR count). The van der Waals surface area contributed by atoms with E-state index in [0.717, 1.165) is 0 Å². The molecule has 0 amide bonds. The number of primary sulfonamides is 1. The number of H-pyrrole nitrogens is 1. The van der Waals surface area contributed by atoms with Crippen molar-refractivity contribution in [2.45, 2.75) is 4.90 Å². The number of fused-ring (bicyclic) bond motifs is 1. The number of aromatic nitrogens is 1. The van der Waals surface area contributed by atoms with Gasteiger partial charge in [-0.15, -0.1) is 0 Å². The van der Waals surface area contributed by atoms with Gasteiger partial charge < -0.3 is 9.72 Å². The molecule has 0 spiro atoms. The van der Waals surface area contributed by atoms with Crippen LogP contribution in [0, 0.1) is 0 Å². The second-order valence-corrected chi connectivity index (χ2v) is 4.61. The number of sulfonamides is 1. The van der Waals surface area contributed by atoms with Gasteiger partial charge in [-0.3, -0.25) is 0 Å². The molecule has 0 bridgehead atoms. The van der Waals surface area contributed by atoms with Gasteiger partial charge in [-0.05, 0) is 6.07 Å². The Morgan fingerprint density at radius 2 is 2.13 bits per heavy atom. The highest BCUT2D eigenvalue weighted by Gasteiger charge is 2.15. The highest BCUT2D eigenvalue weighted by Crippen LogP contribution is 2.28. The maximum atomic E-state index is 11.2. The van der Waals surface area contributed by atoms with Crippen LogP contribution < -0.4 is 9.88 Å². The summed E-state index contributed by atoms with van der Waals surface area (Å²) in [5, 5.41) is 5.61. The smallest absolute Gasteiger partial charge is 0.240 e. The second kappa shape index (κ2) is 3.25. The molecule has 0 radical (unpaired) electrons. The van der Waals surface area contributed by atoms with Crippen molar-refractivity contribution in [1.82, 2.24) is 4.98 Å². The van der Waals surface area contributed by atoms with Gasteiger partial charge in [-0.25, -0.2) is 13.6 Å². The number of hydrogen-bond donors (Lipinski definition) is 2. The van der Waals surface area contributed by atoms with Crippen molar-refractivity contribution < 1.29 is 13.2 Å². The van der Waals surface area contributed by atoms with Gasteiger partial charge in [0.25, 0.3) is 0 Å². The molecule has 15 heavy (non-hydrogen) atoms. The maximum absolute atomic E-state index is 11.2. The average Bonchev–Trinajstić information content (AvgIpc) is 2.59. The van der Waals surface area contributed by atoms with E-state index in [9.17, 15) is 8.42 Å². The van der Waals surface area contributed by atoms with Gasteiger partial charge in [-0.2, -0.15) is 0 Å². The molecular formula is C9H10N2O3S. The molecule has 0 atom stereocenters. The first-order valence-electron chi connectivity index (χ1n) is 4.21. The fraction of sp³-hybridized carbons (Fsp3) is 0.111. The van der Waals surface area contributed by atoms with Crippen molar-refractivity contribution in [2.24, 2.45) is 5.14 Å². The Morgan fingerprint density at radius 3 is 2.73 bits per heavy atom. The van der Waals surface area contributed by atoms with E-state index in [1.807, 2.05) is 0 Å². The first-order valence-corrected chi connectivity index (χ1v) is 5.75. The van der Waals surface area contributed by atoms with Gasteiger partial charge in [0.05, 0.1) is 12.6 Å². The van der Waals surface area contributed by atoms with Crippen molar-refractivity contribution in [3.8, 4) is 5.75 Å². The minimum absolute atomic E-state index is 0.0800. The summed E-state index contributed by atoms with van der Waals surface area (Å²) in [7, 11) is -2.18. The van der Waals surface area contributed by atoms with Gasteiger partial charge in [0.15, 0.2) is 0 Å². The molecule has 0 saturated carbocycles. The monoisotopic (exact) mass is 226 g/mol. The number of nitrogens with one attached hydrogen (secondary N) is 1. The number of rotatable bonds is 2. The van der Waals surface area contributed by atoms with Crippen LogP contribution in [0.25, 0.3) is 10.9 Å². The number of aromatic amines is 1. The molecule has 0 fully saturated rings. The van der Waals surface area contributed by atoms with E-state index in [-0.39, 0.29) is 4.90 Å². The van der Waals surface area contributed by atoms with E-state index < -0.39 is 10.0 Å². The minimum atomic E-state index is -3.70. The van der Waals surface area contributed by atoms with Gasteiger partial charge in [-0.1, -0.05) is 12.1 Å². The molecule has 1 aromatic carbocycles. The number of para-hydroxylation sites is 1. The van der Waals surface area contributed by atoms with E-state index >= 15 is 0 Å². The molecule has 6 heteroatoms. The summed E-state index contributed by atoms with van der Waals surface area (Å²) in [4.78, 5) is 2.91. The Morgan fingerprint density at radius 1 is 1.40 bits per heavy atom. The SMILES string of the molecule is COc1cccc2c(S(N)(=O)=O)c[nH]c12. The van der Waals surface area contributed by atoms with Crippen molar-refractivity contribution in [2.75, 3.05) is 7.11 Å². The molecule has 3 N–H and O–H groups in total. The van der Waals surface area contributed by atoms with Crippen molar-refractivity contribution in [3.05, 3.63) is 24.4 Å². The van der Waals surface area contributed by atoms with Crippen LogP contribution in [0.4, 0.5) is 0 Å². The van der Waals surface area contributed by atoms with Crippen LogP contribution in [0.1, 0.15) is 0 Å². The molecule has 2 aromatic rings. The van der Waals surface area contributed by atoms with Crippen LogP contribution in [0.5, 0.6) is 5.75 Å². The lowest BCUT2D eigenvalue weighted by Gasteiger charge is -2.00. The highest BCUT2D eigenvalue weighted by atomic mass is 32.2. The first kappa shape index (κ1) is 10.0. The van der Waals surface area contributed by atoms with Crippen LogP contribution >= 0.6 is 0 Å². The standard InChI is InChI=1S/C9H10N2O3S/c1-14-7-4-2-3-6-8(15(10,12)13)5-11-9(6)7/h2-5,11H,1H3,(H2,10,12,13). The maximum Gasteiger partial charge on any atom is 0.240 e. The predicted molar refractivity (Wildman–Crippen MR) is 56.2 cm³/mol. The van der Waals surface area contributed by atoms with Crippen LogP contribution in [-0.2, 0) is 10.0 Å². The van der Waals surface area contributed by atoms with Gasteiger partial charge in [0.1, 0.15) is 10.6 Å². The Bertz CT molecular complexity index is 601. The number of nitrogens with two attached hydrogens (primary N) is 1. The normalized spacial score (nSPS) is 11.9. The van der Waals surface area contributed by atoms with Crippen LogP contribution in [0.2, 0.25) is 0 Å². The Hall–Kier alpha value is -1.53. The zero-order chi connectivity index (χ0) is 11.1. The molecule has 0 aliphatic rings. The third-order valence-corrected chi connectivity index (χ3v) is 3.12. The molecule has 0 aliphatic heterocycles. The van der Waals surface area contributed by atoms with E-state index in [1.165, 1.54) is 13.3 Å². The van der Waals surface area contributed by atoms with Gasteiger partial charge in [0, 0.05) is 11.6 Å². The average molecular weight is 226 g/mol. The van der Waals surface area contributed by atoms with E-state index in [0.29, 0.717) is 16.7 Å². The van der Waals surface area contributed by atoms with Gasteiger partial charge >= 0.3 is 0 Å². The van der Waals surface area contributed by atoms with Crippen molar-refractivity contribution in [3.63, 3.8) is 0 Å². The Balaban J connectivity index is 2.83. The summed E-state index contributed by atoms with van der Waals surface area (Å²) in [6.07, 6.45) is 1.36. The molecule has 80 valence electrons. The Kier molecular flexibility index (Phi) is 2.17. The minimum Gasteiger partial charge on any atom is -0.495 e. The summed E-state index contributed by atoms with van der Waals surface area (Å²) in [5.41, 5.74) is 0.629. The molecule has 1 heterocycles. The van der Waals surface area contributed by atoms with E-state index in [2.05, 4.69) is 4.98 Å². The second-order valence-electron chi connectivity index (χ2n) is 3.08. The lowest BCUT2D eigenvalue weighted by Crippen LogP contribution is -2.11.